The Balaban J connectivity index is 0.000000612. The Kier molecular flexibility index (Phi) is 11.7. The Hall–Kier alpha value is -3.08. The number of imidazole rings is 1. The van der Waals surface area contributed by atoms with Crippen molar-refractivity contribution in [2.45, 2.75) is 40.0 Å². The highest BCUT2D eigenvalue weighted by molar-refractivity contribution is 6.35. The Labute approximate surface area is 256 Å². The smallest absolute Gasteiger partial charge is 0.335 e. The highest BCUT2D eigenvalue weighted by Gasteiger charge is 2.21. The van der Waals surface area contributed by atoms with E-state index in [2.05, 4.69) is 9.80 Å². The molecule has 42 heavy (non-hydrogen) atoms. The predicted molar refractivity (Wildman–Crippen MR) is 165 cm³/mol. The summed E-state index contributed by atoms with van der Waals surface area (Å²) in [7, 11) is 1.94. The third kappa shape index (κ3) is 8.49. The van der Waals surface area contributed by atoms with E-state index in [9.17, 15) is 9.90 Å². The number of aromatic nitrogens is 2. The van der Waals surface area contributed by atoms with Crippen LogP contribution in [0.25, 0.3) is 11.0 Å². The van der Waals surface area contributed by atoms with Gasteiger partial charge in [-0.25, -0.2) is 9.78 Å². The van der Waals surface area contributed by atoms with Gasteiger partial charge in [0.1, 0.15) is 29.7 Å². The lowest BCUT2D eigenvalue weighted by atomic mass is 10.2. The van der Waals surface area contributed by atoms with E-state index >= 15 is 0 Å². The Morgan fingerprint density at radius 1 is 0.952 bits per heavy atom. The van der Waals surface area contributed by atoms with Crippen LogP contribution in [0, 0.1) is 0 Å². The molecule has 2 aliphatic rings. The van der Waals surface area contributed by atoms with E-state index in [1.165, 1.54) is 6.42 Å². The molecule has 0 atom stereocenters. The first kappa shape index (κ1) is 31.8. The van der Waals surface area contributed by atoms with Crippen molar-refractivity contribution in [1.29, 1.82) is 0 Å². The van der Waals surface area contributed by atoms with Gasteiger partial charge in [-0.15, -0.1) is 0 Å². The molecule has 0 spiro atoms. The van der Waals surface area contributed by atoms with Crippen LogP contribution in [0.2, 0.25) is 10.0 Å². The maximum absolute atomic E-state index is 11.3. The Bertz CT molecular complexity index is 1460. The summed E-state index contributed by atoms with van der Waals surface area (Å²) in [5.41, 5.74) is 1.92. The van der Waals surface area contributed by atoms with Crippen molar-refractivity contribution in [2.24, 2.45) is 7.05 Å². The average molecular weight is 618 g/mol. The summed E-state index contributed by atoms with van der Waals surface area (Å²) >= 11 is 12.1. The molecule has 2 aromatic heterocycles. The minimum Gasteiger partial charge on any atom is -0.484 e. The van der Waals surface area contributed by atoms with Gasteiger partial charge in [-0.2, -0.15) is 0 Å². The van der Waals surface area contributed by atoms with Gasteiger partial charge in [0.2, 0.25) is 0 Å². The molecule has 9 nitrogen and oxygen atoms in total. The van der Waals surface area contributed by atoms with Crippen LogP contribution in [0.4, 0.5) is 0 Å². The number of rotatable bonds is 8. The maximum Gasteiger partial charge on any atom is 0.335 e. The molecule has 0 saturated carbocycles. The maximum atomic E-state index is 11.3. The number of piperazine rings is 1. The largest absolute Gasteiger partial charge is 0.484 e. The fourth-order valence-electron chi connectivity index (χ4n) is 4.51. The van der Waals surface area contributed by atoms with Crippen molar-refractivity contribution in [3.05, 3.63) is 81.5 Å². The molecule has 2 fully saturated rings. The molecule has 1 N–H and O–H groups in total. The van der Waals surface area contributed by atoms with Gasteiger partial charge in [-0.1, -0.05) is 37.0 Å². The molecule has 0 bridgehead atoms. The molecule has 2 saturated heterocycles. The molecule has 4 heterocycles. The monoisotopic (exact) mass is 616 g/mol. The summed E-state index contributed by atoms with van der Waals surface area (Å²) in [5.74, 6) is 2.20. The lowest BCUT2D eigenvalue weighted by Gasteiger charge is -2.33. The molecule has 11 heteroatoms. The van der Waals surface area contributed by atoms with E-state index in [0.29, 0.717) is 22.4 Å². The quantitative estimate of drug-likeness (QED) is 0.240. The molecule has 0 amide bonds. The van der Waals surface area contributed by atoms with Crippen molar-refractivity contribution < 1.29 is 23.8 Å². The number of carboxylic acid groups (broad SMARTS) is 1. The van der Waals surface area contributed by atoms with Crippen molar-refractivity contribution in [2.75, 3.05) is 39.4 Å². The third-order valence-corrected chi connectivity index (χ3v) is 7.52. The van der Waals surface area contributed by atoms with Gasteiger partial charge in [-0.05, 0) is 55.0 Å². The molecule has 0 aliphatic carbocycles. The second kappa shape index (κ2) is 15.4. The molecule has 226 valence electrons. The molecule has 0 radical (unpaired) electrons. The number of furan rings is 1. The summed E-state index contributed by atoms with van der Waals surface area (Å²) in [5, 5.41) is 10.3. The van der Waals surface area contributed by atoms with Gasteiger partial charge < -0.3 is 23.6 Å². The van der Waals surface area contributed by atoms with Crippen molar-refractivity contribution in [3.8, 4) is 5.75 Å². The molecule has 4 aromatic rings. The van der Waals surface area contributed by atoms with E-state index in [1.807, 2.05) is 37.6 Å². The summed E-state index contributed by atoms with van der Waals surface area (Å²) in [4.78, 5) is 20.7. The highest BCUT2D eigenvalue weighted by atomic mass is 35.5. The van der Waals surface area contributed by atoms with Crippen LogP contribution < -0.4 is 4.74 Å². The number of ether oxygens (including phenoxy) is 2. The SMILES string of the molecule is C1COC1.CC.Cn1c(CN2CCN(Cc3ccc(COc4ccc(Cl)cc4Cl)o3)CC2)nc2ccc(C(=O)O)cc21. The first-order chi connectivity index (χ1) is 20.4. The number of hydrogen-bond acceptors (Lipinski definition) is 7. The zero-order chi connectivity index (χ0) is 30.1. The lowest BCUT2D eigenvalue weighted by molar-refractivity contribution is 0.0367. The number of carbonyl (C=O) groups is 1. The lowest BCUT2D eigenvalue weighted by Crippen LogP contribution is -2.45. The standard InChI is InChI=1S/C26H26Cl2N4O4.C3H6O.C2H6/c1-30-23-12-17(26(33)34)2-6-22(23)29-25(30)15-32-10-8-31(9-11-32)14-19-4-5-20(36-19)16-35-24-7-3-18(27)13-21(24)28;1-2-4-3-1;1-2/h2-7,12-13H,8-11,14-16H2,1H3,(H,33,34);1-3H2;1-2H3. The van der Waals surface area contributed by atoms with Crippen molar-refractivity contribution in [3.63, 3.8) is 0 Å². The minimum atomic E-state index is -0.932. The van der Waals surface area contributed by atoms with Crippen LogP contribution >= 0.6 is 23.2 Å². The van der Waals surface area contributed by atoms with Gasteiger partial charge >= 0.3 is 5.97 Å². The van der Waals surface area contributed by atoms with E-state index in [1.54, 1.807) is 36.4 Å². The summed E-state index contributed by atoms with van der Waals surface area (Å²) in [6, 6.07) is 14.1. The van der Waals surface area contributed by atoms with E-state index in [4.69, 9.17) is 42.1 Å². The molecular weight excluding hydrogens is 579 g/mol. The number of halogens is 2. The zero-order valence-electron chi connectivity index (χ0n) is 24.3. The predicted octanol–water partition coefficient (Wildman–Crippen LogP) is 6.50. The number of hydrogen-bond donors (Lipinski definition) is 1. The molecule has 2 aliphatic heterocycles. The molecule has 6 rings (SSSR count). The number of fused-ring (bicyclic) bond motifs is 1. The molecule has 2 aromatic carbocycles. The first-order valence-electron chi connectivity index (χ1n) is 14.2. The van der Waals surface area contributed by atoms with Crippen LogP contribution in [0.15, 0.2) is 52.9 Å². The van der Waals surface area contributed by atoms with E-state index in [-0.39, 0.29) is 5.56 Å². The Morgan fingerprint density at radius 3 is 2.21 bits per heavy atom. The Morgan fingerprint density at radius 2 is 1.60 bits per heavy atom. The fraction of sp³-hybridized carbons (Fsp3) is 0.419. The second-order valence-corrected chi connectivity index (χ2v) is 10.7. The van der Waals surface area contributed by atoms with E-state index < -0.39 is 5.97 Å². The number of benzene rings is 2. The van der Waals surface area contributed by atoms with Gasteiger partial charge in [0, 0.05) is 51.5 Å². The van der Waals surface area contributed by atoms with Crippen molar-refractivity contribution in [1.82, 2.24) is 19.4 Å². The molecule has 0 unspecified atom stereocenters. The van der Waals surface area contributed by atoms with Crippen LogP contribution in [0.5, 0.6) is 5.75 Å². The van der Waals surface area contributed by atoms with Crippen LogP contribution in [0.3, 0.4) is 0 Å². The van der Waals surface area contributed by atoms with Gasteiger partial charge in [0.15, 0.2) is 0 Å². The zero-order valence-corrected chi connectivity index (χ0v) is 25.8. The van der Waals surface area contributed by atoms with Gasteiger partial charge in [0.25, 0.3) is 0 Å². The van der Waals surface area contributed by atoms with Crippen molar-refractivity contribution >= 4 is 40.2 Å². The van der Waals surface area contributed by atoms with Crippen LogP contribution in [0.1, 0.15) is 48.0 Å². The topological polar surface area (TPSA) is 93.2 Å². The number of aryl methyl sites for hydroxylation is 1. The first-order valence-corrected chi connectivity index (χ1v) is 15.0. The number of carboxylic acids is 1. The highest BCUT2D eigenvalue weighted by Crippen LogP contribution is 2.28. The fourth-order valence-corrected chi connectivity index (χ4v) is 4.97. The average Bonchev–Trinajstić information content (AvgIpc) is 3.52. The second-order valence-electron chi connectivity index (χ2n) is 9.85. The summed E-state index contributed by atoms with van der Waals surface area (Å²) in [6.45, 7) is 11.4. The van der Waals surface area contributed by atoms with Gasteiger partial charge in [0.05, 0.1) is 34.7 Å². The third-order valence-electron chi connectivity index (χ3n) is 6.99. The normalized spacial score (nSPS) is 15.3. The van der Waals surface area contributed by atoms with E-state index in [0.717, 1.165) is 80.9 Å². The minimum absolute atomic E-state index is 0.270. The van der Waals surface area contributed by atoms with Crippen LogP contribution in [-0.4, -0.2) is 69.8 Å². The number of nitrogens with zero attached hydrogens (tertiary/aromatic N) is 4. The molecular formula is C31H38Cl2N4O5. The van der Waals surface area contributed by atoms with Crippen LogP contribution in [-0.2, 0) is 31.5 Å². The summed E-state index contributed by atoms with van der Waals surface area (Å²) < 4.78 is 18.4. The summed E-state index contributed by atoms with van der Waals surface area (Å²) in [6.07, 6.45) is 1.28. The number of aromatic carboxylic acids is 1. The van der Waals surface area contributed by atoms with Gasteiger partial charge in [-0.3, -0.25) is 9.80 Å².